The maximum Gasteiger partial charge on any atom is 0.0480 e. The van der Waals surface area contributed by atoms with Crippen LogP contribution in [-0.2, 0) is 4.74 Å². The molecule has 0 amide bonds. The second-order valence-corrected chi connectivity index (χ2v) is 3.98. The molecule has 0 saturated carbocycles. The Kier molecular flexibility index (Phi) is 6.71. The van der Waals surface area contributed by atoms with Gasteiger partial charge in [-0.25, -0.2) is 0 Å². The molecule has 2 heteroatoms. The van der Waals surface area contributed by atoms with Crippen LogP contribution in [0.3, 0.4) is 0 Å². The molecule has 1 atom stereocenters. The highest BCUT2D eigenvalue weighted by atomic mass is 16.5. The number of piperidine rings is 1. The van der Waals surface area contributed by atoms with Crippen molar-refractivity contribution in [2.75, 3.05) is 19.8 Å². The Labute approximate surface area is 87.7 Å². The van der Waals surface area contributed by atoms with Crippen molar-refractivity contribution in [3.63, 3.8) is 0 Å². The van der Waals surface area contributed by atoms with E-state index in [2.05, 4.69) is 11.9 Å². The van der Waals surface area contributed by atoms with Crippen molar-refractivity contribution in [3.8, 4) is 0 Å². The first kappa shape index (κ1) is 11.7. The van der Waals surface area contributed by atoms with Crippen LogP contribution in [0.15, 0.2) is 12.7 Å². The Bertz CT molecular complexity index is 141. The van der Waals surface area contributed by atoms with Crippen LogP contribution in [0.25, 0.3) is 0 Å². The smallest absolute Gasteiger partial charge is 0.0480 e. The van der Waals surface area contributed by atoms with E-state index in [-0.39, 0.29) is 0 Å². The van der Waals surface area contributed by atoms with Gasteiger partial charge in [0.05, 0.1) is 0 Å². The Balaban J connectivity index is 1.85. The number of allylic oxidation sites excluding steroid dienone is 1. The predicted molar refractivity (Wildman–Crippen MR) is 60.5 cm³/mol. The van der Waals surface area contributed by atoms with Gasteiger partial charge < -0.3 is 10.1 Å². The zero-order valence-corrected chi connectivity index (χ0v) is 9.13. The molecule has 1 saturated heterocycles. The third kappa shape index (κ3) is 5.40. The lowest BCUT2D eigenvalue weighted by Gasteiger charge is -2.23. The summed E-state index contributed by atoms with van der Waals surface area (Å²) in [6, 6.07) is 0.711. The molecule has 1 N–H and O–H groups in total. The quantitative estimate of drug-likeness (QED) is 0.500. The lowest BCUT2D eigenvalue weighted by molar-refractivity contribution is 0.119. The van der Waals surface area contributed by atoms with Gasteiger partial charge in [0.15, 0.2) is 0 Å². The molecule has 1 rings (SSSR count). The van der Waals surface area contributed by atoms with Crippen molar-refractivity contribution >= 4 is 0 Å². The van der Waals surface area contributed by atoms with Gasteiger partial charge in [0.25, 0.3) is 0 Å². The van der Waals surface area contributed by atoms with Gasteiger partial charge in [0.2, 0.25) is 0 Å². The van der Waals surface area contributed by atoms with E-state index in [9.17, 15) is 0 Å². The molecule has 0 aliphatic carbocycles. The normalized spacial score (nSPS) is 22.1. The van der Waals surface area contributed by atoms with Crippen LogP contribution < -0.4 is 5.32 Å². The summed E-state index contributed by atoms with van der Waals surface area (Å²) >= 11 is 0. The number of hydrogen-bond acceptors (Lipinski definition) is 2. The Morgan fingerprint density at radius 3 is 3.00 bits per heavy atom. The maximum atomic E-state index is 5.55. The minimum absolute atomic E-state index is 0.711. The van der Waals surface area contributed by atoms with Crippen molar-refractivity contribution in [2.45, 2.75) is 44.6 Å². The van der Waals surface area contributed by atoms with E-state index in [0.717, 1.165) is 26.1 Å². The van der Waals surface area contributed by atoms with Gasteiger partial charge >= 0.3 is 0 Å². The molecule has 14 heavy (non-hydrogen) atoms. The molecular weight excluding hydrogens is 174 g/mol. The van der Waals surface area contributed by atoms with Crippen molar-refractivity contribution in [3.05, 3.63) is 12.7 Å². The molecule has 0 aromatic rings. The van der Waals surface area contributed by atoms with Crippen LogP contribution in [0.2, 0.25) is 0 Å². The van der Waals surface area contributed by atoms with E-state index >= 15 is 0 Å². The summed E-state index contributed by atoms with van der Waals surface area (Å²) in [5.74, 6) is 0. The third-order valence-electron chi connectivity index (χ3n) is 2.72. The van der Waals surface area contributed by atoms with Gasteiger partial charge in [-0.2, -0.15) is 0 Å². The zero-order valence-electron chi connectivity index (χ0n) is 9.13. The van der Waals surface area contributed by atoms with E-state index in [1.54, 1.807) is 0 Å². The fourth-order valence-electron chi connectivity index (χ4n) is 1.83. The van der Waals surface area contributed by atoms with E-state index < -0.39 is 0 Å². The second-order valence-electron chi connectivity index (χ2n) is 3.98. The van der Waals surface area contributed by atoms with Crippen LogP contribution in [-0.4, -0.2) is 25.8 Å². The average molecular weight is 197 g/mol. The minimum atomic E-state index is 0.711. The van der Waals surface area contributed by atoms with Gasteiger partial charge in [-0.3, -0.25) is 0 Å². The molecule has 0 aromatic carbocycles. The van der Waals surface area contributed by atoms with Crippen molar-refractivity contribution in [1.29, 1.82) is 0 Å². The number of rotatable bonds is 7. The van der Waals surface area contributed by atoms with Crippen molar-refractivity contribution < 1.29 is 4.74 Å². The van der Waals surface area contributed by atoms with Gasteiger partial charge in [0.1, 0.15) is 0 Å². The Morgan fingerprint density at radius 1 is 1.36 bits per heavy atom. The highest BCUT2D eigenvalue weighted by Gasteiger charge is 2.11. The zero-order chi connectivity index (χ0) is 10.1. The number of nitrogens with one attached hydrogen (secondary N) is 1. The molecular formula is C12H23NO. The highest BCUT2D eigenvalue weighted by Crippen LogP contribution is 2.09. The van der Waals surface area contributed by atoms with Crippen LogP contribution in [0.1, 0.15) is 38.5 Å². The summed E-state index contributed by atoms with van der Waals surface area (Å²) in [7, 11) is 0. The minimum Gasteiger partial charge on any atom is -0.381 e. The van der Waals surface area contributed by atoms with Crippen LogP contribution in [0.4, 0.5) is 0 Å². The number of ether oxygens (including phenoxy) is 1. The van der Waals surface area contributed by atoms with Gasteiger partial charge in [0, 0.05) is 19.3 Å². The molecule has 0 spiro atoms. The van der Waals surface area contributed by atoms with Gasteiger partial charge in [-0.05, 0) is 38.6 Å². The van der Waals surface area contributed by atoms with Crippen LogP contribution in [0, 0.1) is 0 Å². The van der Waals surface area contributed by atoms with Gasteiger partial charge in [-0.15, -0.1) is 6.58 Å². The molecule has 1 aliphatic rings. The first-order valence-electron chi connectivity index (χ1n) is 5.85. The van der Waals surface area contributed by atoms with Crippen molar-refractivity contribution in [1.82, 2.24) is 5.32 Å². The van der Waals surface area contributed by atoms with E-state index in [1.807, 2.05) is 6.08 Å². The fraction of sp³-hybridized carbons (Fsp3) is 0.833. The van der Waals surface area contributed by atoms with Crippen LogP contribution in [0.5, 0.6) is 0 Å². The van der Waals surface area contributed by atoms with E-state index in [1.165, 1.54) is 32.2 Å². The molecule has 1 aliphatic heterocycles. The molecule has 1 fully saturated rings. The monoisotopic (exact) mass is 197 g/mol. The largest absolute Gasteiger partial charge is 0.381 e. The Hall–Kier alpha value is -0.340. The second kappa shape index (κ2) is 8.01. The fourth-order valence-corrected chi connectivity index (χ4v) is 1.83. The number of hydrogen-bond donors (Lipinski definition) is 1. The standard InChI is InChI=1S/C12H23NO/c1-2-3-6-10-14-11-8-12-7-4-5-9-13-12/h2,12-13H,1,3-11H2. The topological polar surface area (TPSA) is 21.3 Å². The highest BCUT2D eigenvalue weighted by molar-refractivity contribution is 4.71. The summed E-state index contributed by atoms with van der Waals surface area (Å²) in [5, 5.41) is 3.52. The van der Waals surface area contributed by atoms with Gasteiger partial charge in [-0.1, -0.05) is 12.5 Å². The van der Waals surface area contributed by atoms with E-state index in [4.69, 9.17) is 4.74 Å². The lowest BCUT2D eigenvalue weighted by Crippen LogP contribution is -2.34. The summed E-state index contributed by atoms with van der Waals surface area (Å²) < 4.78 is 5.55. The average Bonchev–Trinajstić information content (AvgIpc) is 2.25. The summed E-state index contributed by atoms with van der Waals surface area (Å²) in [5.41, 5.74) is 0. The molecule has 1 unspecified atom stereocenters. The summed E-state index contributed by atoms with van der Waals surface area (Å²) in [4.78, 5) is 0. The Morgan fingerprint density at radius 2 is 2.29 bits per heavy atom. The van der Waals surface area contributed by atoms with Crippen molar-refractivity contribution in [2.24, 2.45) is 0 Å². The van der Waals surface area contributed by atoms with E-state index in [0.29, 0.717) is 6.04 Å². The first-order valence-corrected chi connectivity index (χ1v) is 5.85. The molecule has 2 nitrogen and oxygen atoms in total. The summed E-state index contributed by atoms with van der Waals surface area (Å²) in [6.07, 6.45) is 9.37. The third-order valence-corrected chi connectivity index (χ3v) is 2.72. The molecule has 0 radical (unpaired) electrons. The molecule has 0 bridgehead atoms. The SMILES string of the molecule is C=CCCCOCCC1CCCCN1. The lowest BCUT2D eigenvalue weighted by atomic mass is 10.0. The summed E-state index contributed by atoms with van der Waals surface area (Å²) in [6.45, 7) is 6.68. The first-order chi connectivity index (χ1) is 6.93. The number of unbranched alkanes of at least 4 members (excludes halogenated alkanes) is 1. The molecule has 0 aromatic heterocycles. The molecule has 82 valence electrons. The molecule has 1 heterocycles. The predicted octanol–water partition coefficient (Wildman–Crippen LogP) is 2.50. The van der Waals surface area contributed by atoms with Crippen LogP contribution >= 0.6 is 0 Å². The maximum absolute atomic E-state index is 5.55.